The molecule has 6 rings (SSSR count). The maximum Gasteiger partial charge on any atom is 0.168 e. The van der Waals surface area contributed by atoms with E-state index in [0.717, 1.165) is 68.5 Å². The number of rotatable bonds is 6. The van der Waals surface area contributed by atoms with Crippen LogP contribution in [0.15, 0.2) is 59.1 Å². The van der Waals surface area contributed by atoms with Gasteiger partial charge in [-0.3, -0.25) is 0 Å². The highest BCUT2D eigenvalue weighted by atomic mass is 79.9. The van der Waals surface area contributed by atoms with Crippen molar-refractivity contribution in [3.8, 4) is 22.1 Å². The number of hydrogen-bond acceptors (Lipinski definition) is 4. The molecule has 1 unspecified atom stereocenters. The molecule has 0 spiro atoms. The van der Waals surface area contributed by atoms with E-state index in [-0.39, 0.29) is 11.5 Å². The molecule has 0 bridgehead atoms. The summed E-state index contributed by atoms with van der Waals surface area (Å²) >= 11 is 30.9. The Morgan fingerprint density at radius 2 is 1.76 bits per heavy atom. The van der Waals surface area contributed by atoms with Gasteiger partial charge < -0.3 is 4.57 Å². The summed E-state index contributed by atoms with van der Waals surface area (Å²) in [5.41, 5.74) is 3.57. The average Bonchev–Trinajstić information content (AvgIpc) is 3.37. The lowest BCUT2D eigenvalue weighted by atomic mass is 9.97. The van der Waals surface area contributed by atoms with Crippen LogP contribution < -0.4 is 0 Å². The molecule has 1 atom stereocenters. The standard InChI is InChI=1S/C28H21BrCl4N4S/c1-2-23-24(26-35-36-27(38-26)28(11-12-28)20-10-6-17(31)14-22(20)33)34-25(19-9-5-16(30)13-21(19)32)37(23)18-7-3-15(29)4-8-18/h3-7,9-10,13-14,18H,2,8,11-12H2,1H3. The Labute approximate surface area is 253 Å². The van der Waals surface area contributed by atoms with Gasteiger partial charge in [-0.2, -0.15) is 0 Å². The van der Waals surface area contributed by atoms with E-state index >= 15 is 0 Å². The monoisotopic (exact) mass is 664 g/mol. The molecule has 1 fully saturated rings. The lowest BCUT2D eigenvalue weighted by molar-refractivity contribution is 0.590. The Balaban J connectivity index is 1.48. The third-order valence-electron chi connectivity index (χ3n) is 7.11. The summed E-state index contributed by atoms with van der Waals surface area (Å²) in [5.74, 6) is 0.790. The quantitative estimate of drug-likeness (QED) is 0.206. The number of allylic oxidation sites excluding steroid dienone is 4. The van der Waals surface area contributed by atoms with Crippen LogP contribution in [-0.4, -0.2) is 19.7 Å². The molecule has 0 amide bonds. The highest BCUT2D eigenvalue weighted by Crippen LogP contribution is 2.57. The second-order valence-electron chi connectivity index (χ2n) is 9.45. The smallest absolute Gasteiger partial charge is 0.168 e. The molecule has 4 aromatic rings. The van der Waals surface area contributed by atoms with E-state index < -0.39 is 0 Å². The van der Waals surface area contributed by atoms with Crippen LogP contribution in [-0.2, 0) is 11.8 Å². The first-order valence-corrected chi connectivity index (χ1v) is 15.3. The summed E-state index contributed by atoms with van der Waals surface area (Å²) in [6.07, 6.45) is 9.98. The number of nitrogens with zero attached hydrogens (tertiary/aromatic N) is 4. The van der Waals surface area contributed by atoms with Gasteiger partial charge in [0.2, 0.25) is 0 Å². The lowest BCUT2D eigenvalue weighted by Gasteiger charge is -2.22. The molecule has 38 heavy (non-hydrogen) atoms. The maximum atomic E-state index is 6.69. The van der Waals surface area contributed by atoms with Crippen LogP contribution in [0.1, 0.15) is 48.5 Å². The van der Waals surface area contributed by atoms with Crippen LogP contribution in [0.4, 0.5) is 0 Å². The Hall–Kier alpha value is -1.67. The minimum absolute atomic E-state index is 0.0873. The zero-order chi connectivity index (χ0) is 26.6. The van der Waals surface area contributed by atoms with Crippen molar-refractivity contribution in [1.29, 1.82) is 0 Å². The first-order chi connectivity index (χ1) is 18.3. The Morgan fingerprint density at radius 1 is 1.03 bits per heavy atom. The predicted octanol–water partition coefficient (Wildman–Crippen LogP) is 10.1. The summed E-state index contributed by atoms with van der Waals surface area (Å²) in [5, 5.41) is 13.5. The number of aromatic nitrogens is 4. The normalized spacial score (nSPS) is 18.1. The van der Waals surface area contributed by atoms with Gasteiger partial charge in [0, 0.05) is 30.8 Å². The first kappa shape index (κ1) is 26.5. The van der Waals surface area contributed by atoms with Gasteiger partial charge in [-0.05, 0) is 61.6 Å². The third kappa shape index (κ3) is 4.67. The van der Waals surface area contributed by atoms with E-state index in [1.54, 1.807) is 23.5 Å². The van der Waals surface area contributed by atoms with Crippen molar-refractivity contribution in [2.75, 3.05) is 0 Å². The summed E-state index contributed by atoms with van der Waals surface area (Å²) < 4.78 is 3.35. The van der Waals surface area contributed by atoms with Gasteiger partial charge in [-0.25, -0.2) is 4.98 Å². The molecule has 2 aromatic carbocycles. The van der Waals surface area contributed by atoms with Crippen molar-refractivity contribution in [1.82, 2.24) is 19.7 Å². The molecule has 2 aliphatic rings. The summed E-state index contributed by atoms with van der Waals surface area (Å²) in [4.78, 5) is 5.16. The van der Waals surface area contributed by atoms with Crippen LogP contribution in [0, 0.1) is 0 Å². The second-order valence-corrected chi connectivity index (χ2v) is 13.0. The van der Waals surface area contributed by atoms with Gasteiger partial charge in [0.05, 0.1) is 16.5 Å². The van der Waals surface area contributed by atoms with Gasteiger partial charge in [0.25, 0.3) is 0 Å². The van der Waals surface area contributed by atoms with Crippen LogP contribution in [0.5, 0.6) is 0 Å². The van der Waals surface area contributed by atoms with E-state index in [1.807, 2.05) is 24.3 Å². The molecule has 10 heteroatoms. The van der Waals surface area contributed by atoms with Crippen molar-refractivity contribution >= 4 is 73.7 Å². The predicted molar refractivity (Wildman–Crippen MR) is 162 cm³/mol. The van der Waals surface area contributed by atoms with Crippen LogP contribution in [0.25, 0.3) is 22.1 Å². The van der Waals surface area contributed by atoms with Crippen molar-refractivity contribution in [3.63, 3.8) is 0 Å². The van der Waals surface area contributed by atoms with Crippen molar-refractivity contribution in [2.24, 2.45) is 0 Å². The zero-order valence-corrected chi connectivity index (χ0v) is 25.6. The molecule has 0 aliphatic heterocycles. The lowest BCUT2D eigenvalue weighted by Crippen LogP contribution is -2.12. The van der Waals surface area contributed by atoms with Gasteiger partial charge in [0.15, 0.2) is 5.01 Å². The summed E-state index contributed by atoms with van der Waals surface area (Å²) in [6, 6.07) is 11.3. The number of halogens is 5. The Morgan fingerprint density at radius 3 is 2.39 bits per heavy atom. The molecule has 1 saturated carbocycles. The molecule has 2 aliphatic carbocycles. The third-order valence-corrected chi connectivity index (χ3v) is 9.93. The second kappa shape index (κ2) is 10.4. The summed E-state index contributed by atoms with van der Waals surface area (Å²) in [7, 11) is 0. The number of hydrogen-bond donors (Lipinski definition) is 0. The van der Waals surface area contributed by atoms with Gasteiger partial charge >= 0.3 is 0 Å². The molecule has 194 valence electrons. The van der Waals surface area contributed by atoms with Gasteiger partial charge in [-0.1, -0.05) is 105 Å². The minimum Gasteiger partial charge on any atom is -0.320 e. The molecular formula is C28H21BrCl4N4S. The van der Waals surface area contributed by atoms with Crippen molar-refractivity contribution in [3.05, 3.63) is 95.5 Å². The first-order valence-electron chi connectivity index (χ1n) is 12.2. The summed E-state index contributed by atoms with van der Waals surface area (Å²) in [6.45, 7) is 2.14. The molecule has 0 saturated heterocycles. The Kier molecular flexibility index (Phi) is 7.25. The topological polar surface area (TPSA) is 43.6 Å². The largest absolute Gasteiger partial charge is 0.320 e. The average molecular weight is 667 g/mol. The fourth-order valence-electron chi connectivity index (χ4n) is 5.08. The van der Waals surface area contributed by atoms with Crippen molar-refractivity contribution in [2.45, 2.75) is 44.1 Å². The number of imidazole rings is 1. The van der Waals surface area contributed by atoms with Crippen LogP contribution >= 0.6 is 73.7 Å². The highest BCUT2D eigenvalue weighted by molar-refractivity contribution is 9.11. The van der Waals surface area contributed by atoms with E-state index in [2.05, 4.69) is 55.8 Å². The molecule has 2 heterocycles. The van der Waals surface area contributed by atoms with Gasteiger partial charge in [0.1, 0.15) is 16.5 Å². The van der Waals surface area contributed by atoms with Crippen LogP contribution in [0.2, 0.25) is 20.1 Å². The van der Waals surface area contributed by atoms with E-state index in [9.17, 15) is 0 Å². The zero-order valence-electron chi connectivity index (χ0n) is 20.2. The van der Waals surface area contributed by atoms with Gasteiger partial charge in [-0.15, -0.1) is 10.2 Å². The highest BCUT2D eigenvalue weighted by Gasteiger charge is 2.50. The molecular weight excluding hydrogens is 646 g/mol. The van der Waals surface area contributed by atoms with Crippen molar-refractivity contribution < 1.29 is 0 Å². The minimum atomic E-state index is -0.224. The van der Waals surface area contributed by atoms with E-state index in [1.165, 1.54) is 0 Å². The number of benzene rings is 2. The molecule has 0 radical (unpaired) electrons. The van der Waals surface area contributed by atoms with E-state index in [0.29, 0.717) is 20.1 Å². The molecule has 2 aromatic heterocycles. The SMILES string of the molecule is CCc1c(-c2nnc(C3(c4ccc(Cl)cc4Cl)CC3)s2)nc(-c2ccc(Cl)cc2Cl)n1C1C=CC(Br)=CC1. The van der Waals surface area contributed by atoms with E-state index in [4.69, 9.17) is 51.4 Å². The van der Waals surface area contributed by atoms with Crippen LogP contribution in [0.3, 0.4) is 0 Å². The molecule has 4 nitrogen and oxygen atoms in total. The fourth-order valence-corrected chi connectivity index (χ4v) is 7.62. The fraction of sp³-hybridized carbons (Fsp3) is 0.250. The maximum absolute atomic E-state index is 6.69. The Bertz CT molecular complexity index is 1620. The molecule has 0 N–H and O–H groups in total.